The van der Waals surface area contributed by atoms with Crippen LogP contribution in [0.2, 0.25) is 0 Å². The Bertz CT molecular complexity index is 1240. The molecule has 2 heterocycles. The van der Waals surface area contributed by atoms with Crippen LogP contribution >= 0.6 is 0 Å². The molecule has 1 saturated heterocycles. The van der Waals surface area contributed by atoms with Gasteiger partial charge in [0.1, 0.15) is 5.75 Å². The zero-order valence-corrected chi connectivity index (χ0v) is 17.5. The summed E-state index contributed by atoms with van der Waals surface area (Å²) in [5.74, 6) is 0.546. The van der Waals surface area contributed by atoms with E-state index in [1.54, 1.807) is 0 Å². The molecule has 1 aromatic heterocycles. The van der Waals surface area contributed by atoms with Gasteiger partial charge in [-0.15, -0.1) is 0 Å². The summed E-state index contributed by atoms with van der Waals surface area (Å²) in [5, 5.41) is 10.6. The molecule has 1 unspecified atom stereocenters. The average molecular weight is 415 g/mol. The molecular formula is C25H25N3O3. The second kappa shape index (κ2) is 8.40. The van der Waals surface area contributed by atoms with Crippen molar-refractivity contribution in [2.75, 3.05) is 19.8 Å². The van der Waals surface area contributed by atoms with E-state index >= 15 is 0 Å². The second-order valence-electron chi connectivity index (χ2n) is 7.93. The smallest absolute Gasteiger partial charge is 0.258 e. The number of carbonyl (C=O) groups is 1. The Morgan fingerprint density at radius 3 is 2.94 bits per heavy atom. The molecule has 1 atom stereocenters. The predicted molar refractivity (Wildman–Crippen MR) is 121 cm³/mol. The number of nitrogens with zero attached hydrogens (tertiary/aromatic N) is 2. The summed E-state index contributed by atoms with van der Waals surface area (Å²) in [6.07, 6.45) is 4.02. The molecule has 158 valence electrons. The fourth-order valence-electron chi connectivity index (χ4n) is 4.20. The van der Waals surface area contributed by atoms with Crippen LogP contribution in [0.5, 0.6) is 5.75 Å². The van der Waals surface area contributed by atoms with Gasteiger partial charge in [0.25, 0.3) is 5.91 Å². The molecule has 6 heteroatoms. The van der Waals surface area contributed by atoms with Crippen LogP contribution in [0.25, 0.3) is 32.8 Å². The van der Waals surface area contributed by atoms with E-state index in [9.17, 15) is 4.79 Å². The van der Waals surface area contributed by atoms with Crippen molar-refractivity contribution < 1.29 is 14.3 Å². The number of amides is 1. The fourth-order valence-corrected chi connectivity index (χ4v) is 4.20. The number of rotatable bonds is 6. The Hall–Kier alpha value is -3.38. The standard InChI is InChI=1S/C25H25N3O3/c1-28-22-13-18(8-9-19(22)14-27-28)25-21-7-3-2-5-17(21)10-11-23(25)31-16-24(29)26-15-20-6-4-12-30-20/h2-3,5,7-11,13-14,20H,4,6,12,15-16H2,1H3,(H,26,29). The summed E-state index contributed by atoms with van der Waals surface area (Å²) < 4.78 is 13.5. The highest BCUT2D eigenvalue weighted by atomic mass is 16.5. The van der Waals surface area contributed by atoms with E-state index in [0.717, 1.165) is 52.3 Å². The average Bonchev–Trinajstić information content (AvgIpc) is 3.45. The SMILES string of the molecule is Cn1ncc2ccc(-c3c(OCC(=O)NCC4CCCO4)ccc4ccccc34)cc21. The van der Waals surface area contributed by atoms with E-state index in [1.165, 1.54) is 0 Å². The van der Waals surface area contributed by atoms with Crippen LogP contribution in [0, 0.1) is 0 Å². The molecule has 0 saturated carbocycles. The third-order valence-electron chi connectivity index (χ3n) is 5.84. The minimum absolute atomic E-state index is 0.0357. The number of hydrogen-bond donors (Lipinski definition) is 1. The normalized spacial score (nSPS) is 16.1. The van der Waals surface area contributed by atoms with Crippen LogP contribution < -0.4 is 10.1 Å². The number of benzene rings is 3. The third kappa shape index (κ3) is 3.99. The molecule has 0 bridgehead atoms. The number of aromatic nitrogens is 2. The first kappa shape index (κ1) is 19.6. The van der Waals surface area contributed by atoms with Crippen LogP contribution in [-0.2, 0) is 16.6 Å². The lowest BCUT2D eigenvalue weighted by Crippen LogP contribution is -2.35. The van der Waals surface area contributed by atoms with Gasteiger partial charge in [0.2, 0.25) is 0 Å². The second-order valence-corrected chi connectivity index (χ2v) is 7.93. The van der Waals surface area contributed by atoms with Gasteiger partial charge in [-0.3, -0.25) is 9.48 Å². The van der Waals surface area contributed by atoms with Crippen molar-refractivity contribution in [2.24, 2.45) is 7.05 Å². The molecule has 0 radical (unpaired) electrons. The zero-order chi connectivity index (χ0) is 21.2. The van der Waals surface area contributed by atoms with Gasteiger partial charge in [-0.1, -0.05) is 42.5 Å². The number of ether oxygens (including phenoxy) is 2. The molecular weight excluding hydrogens is 390 g/mol. The Labute approximate surface area is 180 Å². The number of carbonyl (C=O) groups excluding carboxylic acids is 1. The maximum Gasteiger partial charge on any atom is 0.258 e. The summed E-state index contributed by atoms with van der Waals surface area (Å²) in [6.45, 7) is 1.27. The van der Waals surface area contributed by atoms with Gasteiger partial charge in [0.05, 0.1) is 17.8 Å². The van der Waals surface area contributed by atoms with Crippen LogP contribution in [0.4, 0.5) is 0 Å². The Kier molecular flexibility index (Phi) is 5.30. The predicted octanol–water partition coefficient (Wildman–Crippen LogP) is 4.07. The highest BCUT2D eigenvalue weighted by molar-refractivity contribution is 6.01. The van der Waals surface area contributed by atoms with Gasteiger partial charge in [0.15, 0.2) is 6.61 Å². The summed E-state index contributed by atoms with van der Waals surface area (Å²) >= 11 is 0. The summed E-state index contributed by atoms with van der Waals surface area (Å²) in [6, 6.07) is 18.5. The van der Waals surface area contributed by atoms with E-state index in [0.29, 0.717) is 12.3 Å². The fraction of sp³-hybridized carbons (Fsp3) is 0.280. The first-order chi connectivity index (χ1) is 15.2. The van der Waals surface area contributed by atoms with Crippen LogP contribution in [0.15, 0.2) is 60.8 Å². The van der Waals surface area contributed by atoms with Crippen LogP contribution in [0.1, 0.15) is 12.8 Å². The molecule has 1 amide bonds. The molecule has 3 aromatic carbocycles. The number of fused-ring (bicyclic) bond motifs is 2. The Balaban J connectivity index is 1.45. The van der Waals surface area contributed by atoms with E-state index in [2.05, 4.69) is 40.7 Å². The summed E-state index contributed by atoms with van der Waals surface area (Å²) in [4.78, 5) is 12.4. The van der Waals surface area contributed by atoms with Gasteiger partial charge in [-0.25, -0.2) is 0 Å². The minimum Gasteiger partial charge on any atom is -0.483 e. The number of aryl methyl sites for hydroxylation is 1. The largest absolute Gasteiger partial charge is 0.483 e. The first-order valence-electron chi connectivity index (χ1n) is 10.6. The molecule has 0 spiro atoms. The molecule has 31 heavy (non-hydrogen) atoms. The van der Waals surface area contributed by atoms with Crippen molar-refractivity contribution in [3.05, 3.63) is 60.8 Å². The topological polar surface area (TPSA) is 65.4 Å². The van der Waals surface area contributed by atoms with Crippen molar-refractivity contribution in [3.63, 3.8) is 0 Å². The highest BCUT2D eigenvalue weighted by Gasteiger charge is 2.17. The molecule has 4 aromatic rings. The van der Waals surface area contributed by atoms with E-state index in [1.807, 2.05) is 42.2 Å². The van der Waals surface area contributed by atoms with Gasteiger partial charge in [0, 0.05) is 31.1 Å². The lowest BCUT2D eigenvalue weighted by molar-refractivity contribution is -0.123. The zero-order valence-electron chi connectivity index (χ0n) is 17.5. The maximum absolute atomic E-state index is 12.4. The van der Waals surface area contributed by atoms with Crippen molar-refractivity contribution in [2.45, 2.75) is 18.9 Å². The molecule has 1 fully saturated rings. The summed E-state index contributed by atoms with van der Waals surface area (Å²) in [7, 11) is 1.94. The van der Waals surface area contributed by atoms with Crippen LogP contribution in [-0.4, -0.2) is 41.6 Å². The molecule has 5 rings (SSSR count). The molecule has 1 aliphatic heterocycles. The van der Waals surface area contributed by atoms with E-state index < -0.39 is 0 Å². The first-order valence-corrected chi connectivity index (χ1v) is 10.6. The van der Waals surface area contributed by atoms with Gasteiger partial charge in [-0.2, -0.15) is 5.10 Å². The molecule has 1 aliphatic rings. The van der Waals surface area contributed by atoms with Crippen molar-refractivity contribution in [1.82, 2.24) is 15.1 Å². The minimum atomic E-state index is -0.142. The van der Waals surface area contributed by atoms with E-state index in [4.69, 9.17) is 9.47 Å². The highest BCUT2D eigenvalue weighted by Crippen LogP contribution is 2.38. The van der Waals surface area contributed by atoms with Crippen molar-refractivity contribution in [3.8, 4) is 16.9 Å². The number of nitrogens with one attached hydrogen (secondary N) is 1. The Morgan fingerprint density at radius 2 is 2.06 bits per heavy atom. The number of hydrogen-bond acceptors (Lipinski definition) is 4. The van der Waals surface area contributed by atoms with Crippen molar-refractivity contribution in [1.29, 1.82) is 0 Å². The van der Waals surface area contributed by atoms with Gasteiger partial charge < -0.3 is 14.8 Å². The molecule has 1 N–H and O–H groups in total. The maximum atomic E-state index is 12.4. The monoisotopic (exact) mass is 415 g/mol. The summed E-state index contributed by atoms with van der Waals surface area (Å²) in [5.41, 5.74) is 3.06. The lowest BCUT2D eigenvalue weighted by Gasteiger charge is -2.16. The molecule has 0 aliphatic carbocycles. The Morgan fingerprint density at radius 1 is 1.19 bits per heavy atom. The van der Waals surface area contributed by atoms with E-state index in [-0.39, 0.29) is 18.6 Å². The lowest BCUT2D eigenvalue weighted by atomic mass is 9.96. The van der Waals surface area contributed by atoms with Gasteiger partial charge in [-0.05, 0) is 41.3 Å². The molecule has 6 nitrogen and oxygen atoms in total. The van der Waals surface area contributed by atoms with Gasteiger partial charge >= 0.3 is 0 Å². The quantitative estimate of drug-likeness (QED) is 0.516. The van der Waals surface area contributed by atoms with Crippen molar-refractivity contribution >= 4 is 27.6 Å². The third-order valence-corrected chi connectivity index (χ3v) is 5.84. The van der Waals surface area contributed by atoms with Crippen LogP contribution in [0.3, 0.4) is 0 Å².